The van der Waals surface area contributed by atoms with Crippen LogP contribution < -0.4 is 5.32 Å². The van der Waals surface area contributed by atoms with Crippen molar-refractivity contribution in [2.45, 2.75) is 32.3 Å². The number of nitrogens with zero attached hydrogens (tertiary/aromatic N) is 2. The van der Waals surface area contributed by atoms with E-state index in [-0.39, 0.29) is 12.0 Å². The summed E-state index contributed by atoms with van der Waals surface area (Å²) in [6, 6.07) is 1.86. The largest absolute Gasteiger partial charge is 0.375 e. The Morgan fingerprint density at radius 1 is 1.45 bits per heavy atom. The second-order valence-electron chi connectivity index (χ2n) is 6.49. The first kappa shape index (κ1) is 15.4. The van der Waals surface area contributed by atoms with Crippen LogP contribution in [0, 0.1) is 12.8 Å². The molecule has 5 nitrogen and oxygen atoms in total. The molecule has 1 N–H and O–H groups in total. The lowest BCUT2D eigenvalue weighted by atomic mass is 10.2. The topological polar surface area (TPSA) is 54.5 Å². The summed E-state index contributed by atoms with van der Waals surface area (Å²) in [4.78, 5) is 18.6. The predicted molar refractivity (Wildman–Crippen MR) is 84.8 cm³/mol. The summed E-state index contributed by atoms with van der Waals surface area (Å²) in [5.74, 6) is 0.870. The smallest absolute Gasteiger partial charge is 0.252 e. The van der Waals surface area contributed by atoms with Crippen LogP contribution in [0.15, 0.2) is 18.5 Å². The number of ether oxygens (including phenoxy) is 1. The van der Waals surface area contributed by atoms with Crippen molar-refractivity contribution < 1.29 is 9.53 Å². The van der Waals surface area contributed by atoms with Gasteiger partial charge in [0.1, 0.15) is 0 Å². The number of aryl methyl sites for hydroxylation is 1. The van der Waals surface area contributed by atoms with Crippen LogP contribution in [-0.2, 0) is 4.74 Å². The fourth-order valence-corrected chi connectivity index (χ4v) is 2.91. The molecule has 1 amide bonds. The van der Waals surface area contributed by atoms with E-state index in [9.17, 15) is 4.79 Å². The van der Waals surface area contributed by atoms with Crippen LogP contribution in [0.2, 0.25) is 0 Å². The minimum atomic E-state index is -0.0538. The molecule has 1 atom stereocenters. The van der Waals surface area contributed by atoms with Gasteiger partial charge in [0.05, 0.1) is 18.3 Å². The summed E-state index contributed by atoms with van der Waals surface area (Å²) in [6.07, 6.45) is 7.25. The van der Waals surface area contributed by atoms with Crippen LogP contribution >= 0.6 is 0 Å². The number of morpholine rings is 1. The summed E-state index contributed by atoms with van der Waals surface area (Å²) in [6.45, 7) is 6.67. The zero-order valence-electron chi connectivity index (χ0n) is 13.3. The number of carbonyl (C=O) groups excluding carboxylic acids is 1. The maximum atomic E-state index is 12.1. The standard InChI is InChI=1S/C17H25N3O2/c1-13-8-15(10-18-9-13)17(21)19-5-4-16-12-20(6-7-22-16)11-14-2-3-14/h8-10,14,16H,2-7,11-12H2,1H3,(H,19,21)/t16-/m0/s1. The molecule has 5 heteroatoms. The number of aromatic nitrogens is 1. The van der Waals surface area contributed by atoms with E-state index in [1.807, 2.05) is 13.0 Å². The second-order valence-corrected chi connectivity index (χ2v) is 6.49. The van der Waals surface area contributed by atoms with E-state index in [0.29, 0.717) is 12.1 Å². The Morgan fingerprint density at radius 2 is 2.32 bits per heavy atom. The molecule has 22 heavy (non-hydrogen) atoms. The zero-order chi connectivity index (χ0) is 15.4. The number of carbonyl (C=O) groups is 1. The van der Waals surface area contributed by atoms with Crippen LogP contribution in [0.5, 0.6) is 0 Å². The van der Waals surface area contributed by atoms with Gasteiger partial charge in [0, 0.05) is 38.6 Å². The highest BCUT2D eigenvalue weighted by Crippen LogP contribution is 2.30. The van der Waals surface area contributed by atoms with Crippen molar-refractivity contribution in [1.29, 1.82) is 0 Å². The zero-order valence-corrected chi connectivity index (χ0v) is 13.3. The monoisotopic (exact) mass is 303 g/mol. The molecular formula is C17H25N3O2. The molecule has 2 aliphatic rings. The lowest BCUT2D eigenvalue weighted by molar-refractivity contribution is -0.0326. The summed E-state index contributed by atoms with van der Waals surface area (Å²) in [5, 5.41) is 2.96. The maximum absolute atomic E-state index is 12.1. The fourth-order valence-electron chi connectivity index (χ4n) is 2.91. The number of amides is 1. The van der Waals surface area contributed by atoms with E-state index in [4.69, 9.17) is 4.74 Å². The Hall–Kier alpha value is -1.46. The molecule has 0 spiro atoms. The second kappa shape index (κ2) is 7.20. The van der Waals surface area contributed by atoms with E-state index in [2.05, 4.69) is 15.2 Å². The van der Waals surface area contributed by atoms with Gasteiger partial charge >= 0.3 is 0 Å². The molecule has 0 radical (unpaired) electrons. The molecule has 120 valence electrons. The van der Waals surface area contributed by atoms with Crippen LogP contribution in [0.1, 0.15) is 35.2 Å². The first-order chi connectivity index (χ1) is 10.7. The molecule has 3 rings (SSSR count). The van der Waals surface area contributed by atoms with Crippen molar-refractivity contribution >= 4 is 5.91 Å². The van der Waals surface area contributed by atoms with Gasteiger partial charge in [-0.25, -0.2) is 0 Å². The Morgan fingerprint density at radius 3 is 3.09 bits per heavy atom. The third-order valence-corrected chi connectivity index (χ3v) is 4.33. The average Bonchev–Trinajstić information content (AvgIpc) is 3.31. The van der Waals surface area contributed by atoms with Crippen molar-refractivity contribution in [3.8, 4) is 0 Å². The third kappa shape index (κ3) is 4.52. The summed E-state index contributed by atoms with van der Waals surface area (Å²) in [5.41, 5.74) is 1.62. The van der Waals surface area contributed by atoms with Gasteiger partial charge in [-0.3, -0.25) is 14.7 Å². The number of rotatable bonds is 6. The van der Waals surface area contributed by atoms with Crippen LogP contribution in [0.3, 0.4) is 0 Å². The van der Waals surface area contributed by atoms with Gasteiger partial charge in [0.2, 0.25) is 0 Å². The number of nitrogens with one attached hydrogen (secondary N) is 1. The van der Waals surface area contributed by atoms with Gasteiger partial charge in [-0.05, 0) is 43.7 Å². The molecule has 2 fully saturated rings. The molecule has 1 aliphatic heterocycles. The third-order valence-electron chi connectivity index (χ3n) is 4.33. The van der Waals surface area contributed by atoms with Crippen molar-refractivity contribution in [3.05, 3.63) is 29.6 Å². The lowest BCUT2D eigenvalue weighted by Gasteiger charge is -2.33. The molecule has 0 aromatic carbocycles. The van der Waals surface area contributed by atoms with Crippen LogP contribution in [0.4, 0.5) is 0 Å². The van der Waals surface area contributed by atoms with Gasteiger partial charge in [0.25, 0.3) is 5.91 Å². The molecule has 2 heterocycles. The van der Waals surface area contributed by atoms with E-state index >= 15 is 0 Å². The van der Waals surface area contributed by atoms with E-state index in [1.54, 1.807) is 12.4 Å². The Labute approximate surface area is 132 Å². The van der Waals surface area contributed by atoms with Crippen molar-refractivity contribution in [2.75, 3.05) is 32.8 Å². The molecule has 1 aromatic heterocycles. The predicted octanol–water partition coefficient (Wildman–Crippen LogP) is 1.62. The summed E-state index contributed by atoms with van der Waals surface area (Å²) in [7, 11) is 0. The van der Waals surface area contributed by atoms with Crippen LogP contribution in [-0.4, -0.2) is 54.7 Å². The van der Waals surface area contributed by atoms with Crippen molar-refractivity contribution in [3.63, 3.8) is 0 Å². The average molecular weight is 303 g/mol. The van der Waals surface area contributed by atoms with E-state index < -0.39 is 0 Å². The summed E-state index contributed by atoms with van der Waals surface area (Å²) < 4.78 is 5.81. The SMILES string of the molecule is Cc1cncc(C(=O)NCC[C@H]2CN(CC3CC3)CCO2)c1. The van der Waals surface area contributed by atoms with Crippen LogP contribution in [0.25, 0.3) is 0 Å². The van der Waals surface area contributed by atoms with Gasteiger partial charge in [-0.15, -0.1) is 0 Å². The maximum Gasteiger partial charge on any atom is 0.252 e. The number of pyridine rings is 1. The first-order valence-electron chi connectivity index (χ1n) is 8.24. The molecule has 1 saturated heterocycles. The minimum Gasteiger partial charge on any atom is -0.375 e. The molecule has 1 aromatic rings. The molecule has 0 unspecified atom stereocenters. The summed E-state index contributed by atoms with van der Waals surface area (Å²) >= 11 is 0. The first-order valence-corrected chi connectivity index (χ1v) is 8.24. The minimum absolute atomic E-state index is 0.0538. The van der Waals surface area contributed by atoms with Gasteiger partial charge in [-0.1, -0.05) is 0 Å². The highest BCUT2D eigenvalue weighted by atomic mass is 16.5. The molecule has 1 saturated carbocycles. The van der Waals surface area contributed by atoms with Gasteiger partial charge in [-0.2, -0.15) is 0 Å². The normalized spacial score (nSPS) is 22.5. The van der Waals surface area contributed by atoms with Gasteiger partial charge < -0.3 is 10.1 Å². The van der Waals surface area contributed by atoms with E-state index in [1.165, 1.54) is 19.4 Å². The highest BCUT2D eigenvalue weighted by Gasteiger charge is 2.27. The van der Waals surface area contributed by atoms with Crippen molar-refractivity contribution in [2.24, 2.45) is 5.92 Å². The fraction of sp³-hybridized carbons (Fsp3) is 0.647. The molecule has 0 bridgehead atoms. The highest BCUT2D eigenvalue weighted by molar-refractivity contribution is 5.93. The molecule has 1 aliphatic carbocycles. The quantitative estimate of drug-likeness (QED) is 0.868. The number of hydrogen-bond donors (Lipinski definition) is 1. The molecular weight excluding hydrogens is 278 g/mol. The Balaban J connectivity index is 1.39. The van der Waals surface area contributed by atoms with E-state index in [0.717, 1.165) is 37.6 Å². The Bertz CT molecular complexity index is 516. The Kier molecular flexibility index (Phi) is 5.05. The van der Waals surface area contributed by atoms with Crippen molar-refractivity contribution in [1.82, 2.24) is 15.2 Å². The number of hydrogen-bond acceptors (Lipinski definition) is 4. The van der Waals surface area contributed by atoms with Gasteiger partial charge in [0.15, 0.2) is 0 Å². The lowest BCUT2D eigenvalue weighted by Crippen LogP contribution is -2.44.